The minimum absolute atomic E-state index is 0. The first-order valence-electron chi connectivity index (χ1n) is 1.51. The van der Waals surface area contributed by atoms with Gasteiger partial charge in [-0.15, -0.1) is 0 Å². The van der Waals surface area contributed by atoms with Gasteiger partial charge in [0.25, 0.3) is 0 Å². The second-order valence-corrected chi connectivity index (χ2v) is 1.14. The molecule has 0 aliphatic carbocycles. The Morgan fingerprint density at radius 2 is 2.29 bits per heavy atom. The van der Waals surface area contributed by atoms with Gasteiger partial charge in [-0.1, -0.05) is 6.58 Å². The van der Waals surface area contributed by atoms with Crippen LogP contribution in [-0.4, -0.2) is 16.5 Å². The van der Waals surface area contributed by atoms with Gasteiger partial charge in [0.2, 0.25) is 10.5 Å². The van der Waals surface area contributed by atoms with Crippen LogP contribution in [0.5, 0.6) is 0 Å². The zero-order chi connectivity index (χ0) is 4.99. The smallest absolute Gasteiger partial charge is 0.316 e. The molecule has 0 saturated heterocycles. The van der Waals surface area contributed by atoms with Crippen molar-refractivity contribution in [2.75, 3.05) is 0 Å². The van der Waals surface area contributed by atoms with Gasteiger partial charge in [0.1, 0.15) is 0 Å². The third-order valence-corrected chi connectivity index (χ3v) is 0.770. The van der Waals surface area contributed by atoms with Crippen LogP contribution in [-0.2, 0) is 26.3 Å². The van der Waals surface area contributed by atoms with Crippen molar-refractivity contribution in [3.05, 3.63) is 12.7 Å². The minimum atomic E-state index is -0.332. The number of carbonyl (C=O) groups is 1. The SMILES string of the molecule is C=CC(=O)O[SiH3].[Cu]. The molecule has 0 saturated carbocycles. The first-order valence-corrected chi connectivity index (χ1v) is 2.33. The van der Waals surface area contributed by atoms with Crippen LogP contribution >= 0.6 is 0 Å². The van der Waals surface area contributed by atoms with Crippen LogP contribution in [0, 0.1) is 0 Å². The van der Waals surface area contributed by atoms with E-state index in [-0.39, 0.29) is 23.0 Å². The van der Waals surface area contributed by atoms with Gasteiger partial charge in [-0.3, -0.25) is 0 Å². The van der Waals surface area contributed by atoms with Gasteiger partial charge in [0.05, 0.1) is 0 Å². The maximum absolute atomic E-state index is 9.88. The summed E-state index contributed by atoms with van der Waals surface area (Å²) >= 11 is 0. The molecule has 0 aliphatic rings. The molecule has 0 aromatic heterocycles. The van der Waals surface area contributed by atoms with E-state index in [1.54, 1.807) is 0 Å². The summed E-state index contributed by atoms with van der Waals surface area (Å²) in [7, 11) is 0.462. The van der Waals surface area contributed by atoms with E-state index in [0.29, 0.717) is 10.5 Å². The maximum atomic E-state index is 9.88. The average Bonchev–Trinajstić information content (AvgIpc) is 1.65. The normalized spacial score (nSPS) is 6.29. The van der Waals surface area contributed by atoms with Crippen molar-refractivity contribution in [3.63, 3.8) is 0 Å². The fourth-order valence-electron chi connectivity index (χ4n) is 0.0833. The Balaban J connectivity index is 0. The van der Waals surface area contributed by atoms with Crippen molar-refractivity contribution in [3.8, 4) is 0 Å². The van der Waals surface area contributed by atoms with Crippen LogP contribution in [0.15, 0.2) is 12.7 Å². The minimum Gasteiger partial charge on any atom is -0.526 e. The molecule has 7 heavy (non-hydrogen) atoms. The van der Waals surface area contributed by atoms with Crippen molar-refractivity contribution >= 4 is 16.5 Å². The molecule has 45 valence electrons. The van der Waals surface area contributed by atoms with E-state index in [4.69, 9.17) is 0 Å². The van der Waals surface area contributed by atoms with Crippen LogP contribution in [0.3, 0.4) is 0 Å². The van der Waals surface area contributed by atoms with Gasteiger partial charge in [-0.2, -0.15) is 0 Å². The van der Waals surface area contributed by atoms with E-state index < -0.39 is 0 Å². The molecule has 0 fully saturated rings. The van der Waals surface area contributed by atoms with Crippen molar-refractivity contribution in [1.29, 1.82) is 0 Å². The Hall–Kier alpha value is -0.0536. The summed E-state index contributed by atoms with van der Waals surface area (Å²) in [5.41, 5.74) is 0. The molecular weight excluding hydrogens is 160 g/mol. The van der Waals surface area contributed by atoms with Crippen LogP contribution in [0.2, 0.25) is 0 Å². The van der Waals surface area contributed by atoms with E-state index in [1.165, 1.54) is 0 Å². The molecular formula is C3H6CuO2Si. The van der Waals surface area contributed by atoms with E-state index >= 15 is 0 Å². The van der Waals surface area contributed by atoms with Crippen LogP contribution < -0.4 is 0 Å². The first-order chi connectivity index (χ1) is 2.81. The Kier molecular flexibility index (Phi) is 8.53. The molecule has 0 heterocycles. The maximum Gasteiger partial charge on any atom is 0.316 e. The van der Waals surface area contributed by atoms with Crippen molar-refractivity contribution < 1.29 is 26.3 Å². The third-order valence-electron chi connectivity index (χ3n) is 0.368. The summed E-state index contributed by atoms with van der Waals surface area (Å²) in [4.78, 5) is 9.88. The number of hydrogen-bond donors (Lipinski definition) is 0. The van der Waals surface area contributed by atoms with Crippen molar-refractivity contribution in [1.82, 2.24) is 0 Å². The quantitative estimate of drug-likeness (QED) is 0.368. The van der Waals surface area contributed by atoms with Gasteiger partial charge in [-0.05, 0) is 0 Å². The molecule has 1 radical (unpaired) electrons. The number of hydrogen-bond acceptors (Lipinski definition) is 2. The molecule has 2 nitrogen and oxygen atoms in total. The zero-order valence-electron chi connectivity index (χ0n) is 3.90. The predicted octanol–water partition coefficient (Wildman–Crippen LogP) is -1.01. The molecule has 0 amide bonds. The topological polar surface area (TPSA) is 26.3 Å². The molecule has 0 aromatic carbocycles. The molecule has 0 rings (SSSR count). The molecule has 4 heteroatoms. The molecule has 0 atom stereocenters. The monoisotopic (exact) mass is 165 g/mol. The van der Waals surface area contributed by atoms with Gasteiger partial charge >= 0.3 is 5.97 Å². The summed E-state index contributed by atoms with van der Waals surface area (Å²) in [6.07, 6.45) is 1.15. The Labute approximate surface area is 55.9 Å². The van der Waals surface area contributed by atoms with E-state index in [2.05, 4.69) is 11.0 Å². The molecule has 0 aromatic rings. The van der Waals surface area contributed by atoms with Crippen molar-refractivity contribution in [2.24, 2.45) is 0 Å². The van der Waals surface area contributed by atoms with Gasteiger partial charge < -0.3 is 4.43 Å². The molecule has 0 bridgehead atoms. The molecule has 0 aliphatic heterocycles. The second-order valence-electron chi connectivity index (χ2n) is 0.727. The van der Waals surface area contributed by atoms with Crippen LogP contribution in [0.4, 0.5) is 0 Å². The molecule has 0 N–H and O–H groups in total. The fraction of sp³-hybridized carbons (Fsp3) is 0. The fourth-order valence-corrected chi connectivity index (χ4v) is 0.250. The number of carbonyl (C=O) groups excluding carboxylic acids is 1. The summed E-state index contributed by atoms with van der Waals surface area (Å²) in [5, 5.41) is 0. The van der Waals surface area contributed by atoms with E-state index in [1.807, 2.05) is 0 Å². The predicted molar refractivity (Wildman–Crippen MR) is 26.2 cm³/mol. The Bertz CT molecular complexity index is 73.3. The molecule has 0 spiro atoms. The van der Waals surface area contributed by atoms with Crippen LogP contribution in [0.25, 0.3) is 0 Å². The van der Waals surface area contributed by atoms with Gasteiger partial charge in [-0.25, -0.2) is 4.79 Å². The summed E-state index contributed by atoms with van der Waals surface area (Å²) in [5.74, 6) is -0.332. The standard InChI is InChI=1S/C3H6O2Si.Cu/c1-2-3(4)5-6;/h2H,1H2,6H3;. The summed E-state index contributed by atoms with van der Waals surface area (Å²) < 4.78 is 4.28. The zero-order valence-corrected chi connectivity index (χ0v) is 6.84. The Morgan fingerprint density at radius 1 is 1.86 bits per heavy atom. The second kappa shape index (κ2) is 5.95. The van der Waals surface area contributed by atoms with E-state index in [0.717, 1.165) is 6.08 Å². The van der Waals surface area contributed by atoms with Gasteiger partial charge in [0.15, 0.2) is 0 Å². The Morgan fingerprint density at radius 3 is 2.29 bits per heavy atom. The third kappa shape index (κ3) is 5.95. The number of rotatable bonds is 1. The van der Waals surface area contributed by atoms with Gasteiger partial charge in [0, 0.05) is 23.1 Å². The van der Waals surface area contributed by atoms with Crippen molar-refractivity contribution in [2.45, 2.75) is 0 Å². The summed E-state index contributed by atoms with van der Waals surface area (Å²) in [6, 6.07) is 0. The summed E-state index contributed by atoms with van der Waals surface area (Å²) in [6.45, 7) is 3.18. The largest absolute Gasteiger partial charge is 0.526 e. The average molecular weight is 166 g/mol. The first kappa shape index (κ1) is 10.0. The van der Waals surface area contributed by atoms with Crippen LogP contribution in [0.1, 0.15) is 0 Å². The molecule has 0 unspecified atom stereocenters. The van der Waals surface area contributed by atoms with E-state index in [9.17, 15) is 4.79 Å².